The fourth-order valence-electron chi connectivity index (χ4n) is 3.56. The molecule has 0 aliphatic rings. The fourth-order valence-corrected chi connectivity index (χ4v) is 3.56. The summed E-state index contributed by atoms with van der Waals surface area (Å²) in [5.74, 6) is 0.0668. The quantitative estimate of drug-likeness (QED) is 0.359. The third-order valence-electron chi connectivity index (χ3n) is 5.53. The minimum Gasteiger partial charge on any atom is -0.294 e. The monoisotopic (exact) mass is 454 g/mol. The summed E-state index contributed by atoms with van der Waals surface area (Å²) in [4.78, 5) is 20.1. The Hall–Kier alpha value is -3.33. The molecule has 3 nitrogen and oxygen atoms in total. The number of allylic oxidation sites excluding steroid dienone is 2. The first kappa shape index (κ1) is 26.9. The van der Waals surface area contributed by atoms with Crippen molar-refractivity contribution < 1.29 is 4.79 Å². The van der Waals surface area contributed by atoms with Crippen LogP contribution in [-0.2, 0) is 6.42 Å². The number of ketones is 1. The van der Waals surface area contributed by atoms with Gasteiger partial charge in [0.15, 0.2) is 5.78 Å². The summed E-state index contributed by atoms with van der Waals surface area (Å²) in [5, 5.41) is 1.98. The lowest BCUT2D eigenvalue weighted by Gasteiger charge is -2.03. The van der Waals surface area contributed by atoms with Gasteiger partial charge in [0.2, 0.25) is 0 Å². The smallest absolute Gasteiger partial charge is 0.161 e. The lowest BCUT2D eigenvalue weighted by atomic mass is 10.0. The van der Waals surface area contributed by atoms with Gasteiger partial charge < -0.3 is 0 Å². The van der Waals surface area contributed by atoms with Crippen LogP contribution in [0.25, 0.3) is 23.3 Å². The standard InChI is InChI=1S/C16H21NO.C15H17N/c1-5-7-9-14-11-15(13(4)18)12(3)17-16(14)10-8-6-2;1-2-3-4-13-5-7-14(8-6-13)15-9-11-16-12-10-15/h5,7,9-11H,6,8H2,1-4H3;5-12H,2-4H2,1H3/b7-5-,14-9-,16-10-;. The second-order valence-electron chi connectivity index (χ2n) is 8.37. The number of carbonyl (C=O) groups excluding carboxylic acids is 1. The van der Waals surface area contributed by atoms with Gasteiger partial charge in [0.05, 0.1) is 5.35 Å². The minimum absolute atomic E-state index is 0.0668. The topological polar surface area (TPSA) is 42.9 Å². The summed E-state index contributed by atoms with van der Waals surface area (Å²) in [5.41, 5.74) is 5.45. The Morgan fingerprint density at radius 3 is 2.24 bits per heavy atom. The van der Waals surface area contributed by atoms with E-state index in [4.69, 9.17) is 0 Å². The van der Waals surface area contributed by atoms with Crippen LogP contribution in [0.1, 0.15) is 75.0 Å². The molecule has 0 N–H and O–H groups in total. The van der Waals surface area contributed by atoms with Gasteiger partial charge in [-0.25, -0.2) is 0 Å². The number of hydrogen-bond acceptors (Lipinski definition) is 3. The summed E-state index contributed by atoms with van der Waals surface area (Å²) in [7, 11) is 0. The van der Waals surface area contributed by atoms with Crippen molar-refractivity contribution >= 4 is 17.9 Å². The van der Waals surface area contributed by atoms with Crippen molar-refractivity contribution in [2.45, 2.75) is 66.7 Å². The molecule has 3 heteroatoms. The molecule has 0 fully saturated rings. The summed E-state index contributed by atoms with van der Waals surface area (Å²) in [6.45, 7) is 9.81. The zero-order valence-corrected chi connectivity index (χ0v) is 21.3. The van der Waals surface area contributed by atoms with Crippen LogP contribution < -0.4 is 10.6 Å². The highest BCUT2D eigenvalue weighted by molar-refractivity contribution is 5.95. The Bertz CT molecular complexity index is 1180. The number of aromatic nitrogens is 2. The van der Waals surface area contributed by atoms with E-state index in [1.54, 1.807) is 6.92 Å². The number of unbranched alkanes of at least 4 members (excludes halogenated alkanes) is 2. The second kappa shape index (κ2) is 14.7. The molecule has 3 rings (SSSR count). The molecular formula is C31H38N2O. The second-order valence-corrected chi connectivity index (χ2v) is 8.37. The maximum atomic E-state index is 11.5. The van der Waals surface area contributed by atoms with Gasteiger partial charge in [0.25, 0.3) is 0 Å². The molecule has 34 heavy (non-hydrogen) atoms. The van der Waals surface area contributed by atoms with Crippen LogP contribution in [0.5, 0.6) is 0 Å². The maximum Gasteiger partial charge on any atom is 0.161 e. The minimum atomic E-state index is 0.0668. The van der Waals surface area contributed by atoms with E-state index >= 15 is 0 Å². The number of pyridine rings is 2. The largest absolute Gasteiger partial charge is 0.294 e. The van der Waals surface area contributed by atoms with Gasteiger partial charge >= 0.3 is 0 Å². The Morgan fingerprint density at radius 2 is 1.65 bits per heavy atom. The number of nitrogens with zero attached hydrogens (tertiary/aromatic N) is 2. The average molecular weight is 455 g/mol. The SMILES string of the molecule is CCCCc1ccc(-c2ccncc2)cc1.C\C=C/C=c1/cc(C(C)=O)c(C)n/c1=C\CCC. The first-order chi connectivity index (χ1) is 16.5. The molecule has 3 aromatic rings. The molecule has 0 saturated heterocycles. The molecule has 0 atom stereocenters. The van der Waals surface area contributed by atoms with Crippen molar-refractivity contribution in [3.8, 4) is 11.1 Å². The van der Waals surface area contributed by atoms with Gasteiger partial charge in [-0.05, 0) is 74.9 Å². The predicted octanol–water partition coefficient (Wildman–Crippen LogP) is 6.62. The van der Waals surface area contributed by atoms with Crippen LogP contribution in [0.15, 0.2) is 67.0 Å². The highest BCUT2D eigenvalue weighted by atomic mass is 16.1. The highest BCUT2D eigenvalue weighted by Gasteiger charge is 2.05. The number of hydrogen-bond donors (Lipinski definition) is 0. The Labute approximate surface area is 205 Å². The van der Waals surface area contributed by atoms with E-state index in [0.29, 0.717) is 5.56 Å². The molecule has 2 aromatic heterocycles. The zero-order chi connectivity index (χ0) is 24.8. The van der Waals surface area contributed by atoms with Crippen molar-refractivity contribution in [2.75, 3.05) is 0 Å². The van der Waals surface area contributed by atoms with Crippen LogP contribution in [-0.4, -0.2) is 15.8 Å². The van der Waals surface area contributed by atoms with E-state index in [9.17, 15) is 4.79 Å². The molecule has 0 bridgehead atoms. The average Bonchev–Trinajstić information content (AvgIpc) is 2.86. The van der Waals surface area contributed by atoms with Crippen LogP contribution in [0.2, 0.25) is 0 Å². The molecule has 1 aromatic carbocycles. The summed E-state index contributed by atoms with van der Waals surface area (Å²) in [6.07, 6.45) is 17.6. The highest BCUT2D eigenvalue weighted by Crippen LogP contribution is 2.19. The number of aryl methyl sites for hydroxylation is 2. The molecule has 0 unspecified atom stereocenters. The van der Waals surface area contributed by atoms with E-state index in [2.05, 4.69) is 54.2 Å². The molecule has 0 radical (unpaired) electrons. The lowest BCUT2D eigenvalue weighted by molar-refractivity contribution is 0.101. The molecule has 0 amide bonds. The number of benzene rings is 1. The van der Waals surface area contributed by atoms with Crippen LogP contribution in [0.4, 0.5) is 0 Å². The number of Topliss-reactive ketones (excluding diaryl/α,β-unsaturated/α-hetero) is 1. The maximum absolute atomic E-state index is 11.5. The summed E-state index contributed by atoms with van der Waals surface area (Å²) in [6, 6.07) is 14.9. The Balaban J connectivity index is 0.000000241. The van der Waals surface area contributed by atoms with Crippen LogP contribution >= 0.6 is 0 Å². The fraction of sp³-hybridized carbons (Fsp3) is 0.323. The van der Waals surface area contributed by atoms with Gasteiger partial charge in [-0.2, -0.15) is 0 Å². The van der Waals surface area contributed by atoms with E-state index in [1.807, 2.05) is 62.7 Å². The molecular weight excluding hydrogens is 416 g/mol. The van der Waals surface area contributed by atoms with Crippen molar-refractivity contribution in [1.82, 2.24) is 9.97 Å². The van der Waals surface area contributed by atoms with E-state index in [-0.39, 0.29) is 5.78 Å². The van der Waals surface area contributed by atoms with E-state index < -0.39 is 0 Å². The normalized spacial score (nSPS) is 12.0. The molecule has 2 heterocycles. The molecule has 0 spiro atoms. The summed E-state index contributed by atoms with van der Waals surface area (Å²) < 4.78 is 0. The van der Waals surface area contributed by atoms with Gasteiger partial charge in [-0.15, -0.1) is 0 Å². The van der Waals surface area contributed by atoms with Crippen LogP contribution in [0, 0.1) is 6.92 Å². The van der Waals surface area contributed by atoms with Gasteiger partial charge in [-0.3, -0.25) is 14.8 Å². The lowest BCUT2D eigenvalue weighted by Crippen LogP contribution is -2.30. The zero-order valence-electron chi connectivity index (χ0n) is 21.3. The first-order valence-electron chi connectivity index (χ1n) is 12.3. The molecule has 0 saturated carbocycles. The van der Waals surface area contributed by atoms with Crippen molar-refractivity contribution in [1.29, 1.82) is 0 Å². The number of carbonyl (C=O) groups is 1. The van der Waals surface area contributed by atoms with Crippen LogP contribution in [0.3, 0.4) is 0 Å². The van der Waals surface area contributed by atoms with Crippen molar-refractivity contribution in [3.05, 3.63) is 94.4 Å². The summed E-state index contributed by atoms with van der Waals surface area (Å²) >= 11 is 0. The van der Waals surface area contributed by atoms with Gasteiger partial charge in [-0.1, -0.05) is 75.3 Å². The van der Waals surface area contributed by atoms with Gasteiger partial charge in [0.1, 0.15) is 0 Å². The molecule has 0 aliphatic heterocycles. The van der Waals surface area contributed by atoms with Gasteiger partial charge in [0, 0.05) is 28.9 Å². The molecule has 178 valence electrons. The van der Waals surface area contributed by atoms with Crippen molar-refractivity contribution in [3.63, 3.8) is 0 Å². The number of rotatable bonds is 8. The van der Waals surface area contributed by atoms with E-state index in [0.717, 1.165) is 29.1 Å². The third-order valence-corrected chi connectivity index (χ3v) is 5.53. The van der Waals surface area contributed by atoms with E-state index in [1.165, 1.54) is 36.0 Å². The van der Waals surface area contributed by atoms with Crippen molar-refractivity contribution in [2.24, 2.45) is 0 Å². The molecule has 0 aliphatic carbocycles. The predicted molar refractivity (Wildman–Crippen MR) is 145 cm³/mol. The first-order valence-corrected chi connectivity index (χ1v) is 12.3. The Kier molecular flexibility index (Phi) is 11.7. The Morgan fingerprint density at radius 1 is 0.971 bits per heavy atom. The third kappa shape index (κ3) is 8.55.